The molecule has 7 nitrogen and oxygen atoms in total. The number of likely N-dealkylation sites (N-methyl/N-ethyl adjacent to an activating group) is 1. The van der Waals surface area contributed by atoms with Crippen molar-refractivity contribution in [2.24, 2.45) is 4.99 Å². The molecule has 1 aromatic heterocycles. The average molecular weight is 449 g/mol. The Morgan fingerprint density at radius 2 is 1.88 bits per heavy atom. The van der Waals surface area contributed by atoms with Crippen LogP contribution < -0.4 is 15.4 Å². The second kappa shape index (κ2) is 12.1. The van der Waals surface area contributed by atoms with Gasteiger partial charge in [0.05, 0.1) is 17.9 Å². The predicted octanol–water partition coefficient (Wildman–Crippen LogP) is 3.68. The first-order valence-corrected chi connectivity index (χ1v) is 11.5. The summed E-state index contributed by atoms with van der Waals surface area (Å²) in [7, 11) is 4.08. The smallest absolute Gasteiger partial charge is 0.191 e. The van der Waals surface area contributed by atoms with E-state index in [0.29, 0.717) is 19.7 Å². The summed E-state index contributed by atoms with van der Waals surface area (Å²) in [5.41, 5.74) is 5.48. The van der Waals surface area contributed by atoms with E-state index in [1.165, 1.54) is 0 Å². The normalized spacial score (nSPS) is 11.6. The van der Waals surface area contributed by atoms with E-state index < -0.39 is 0 Å². The number of aryl methyl sites for hydroxylation is 2. The number of nitrogens with zero attached hydrogens (tertiary/aromatic N) is 4. The van der Waals surface area contributed by atoms with Crippen molar-refractivity contribution < 1.29 is 4.74 Å². The molecule has 0 aliphatic rings. The van der Waals surface area contributed by atoms with E-state index >= 15 is 0 Å². The Morgan fingerprint density at radius 3 is 2.61 bits per heavy atom. The van der Waals surface area contributed by atoms with Gasteiger partial charge in [-0.3, -0.25) is 0 Å². The van der Waals surface area contributed by atoms with Crippen LogP contribution in [0.2, 0.25) is 0 Å². The zero-order valence-corrected chi connectivity index (χ0v) is 20.4. The average Bonchev–Trinajstić information content (AvgIpc) is 3.13. The Bertz CT molecular complexity index is 1060. The number of aliphatic imine (C=N–C) groups is 1. The van der Waals surface area contributed by atoms with Gasteiger partial charge in [-0.05, 0) is 70.3 Å². The molecule has 2 aromatic carbocycles. The van der Waals surface area contributed by atoms with Crippen molar-refractivity contribution in [2.75, 3.05) is 33.8 Å². The number of nitrogens with one attached hydrogen (secondary N) is 2. The summed E-state index contributed by atoms with van der Waals surface area (Å²) in [5, 5.41) is 11.5. The summed E-state index contributed by atoms with van der Waals surface area (Å²) in [6.07, 6.45) is 0. The molecular weight excluding hydrogens is 412 g/mol. The van der Waals surface area contributed by atoms with E-state index in [-0.39, 0.29) is 0 Å². The van der Waals surface area contributed by atoms with Crippen LogP contribution in [0.25, 0.3) is 5.69 Å². The first-order chi connectivity index (χ1) is 16.0. The third-order valence-electron chi connectivity index (χ3n) is 5.15. The Kier molecular flexibility index (Phi) is 8.89. The number of para-hydroxylation sites is 1. The molecule has 0 bridgehead atoms. The van der Waals surface area contributed by atoms with E-state index in [2.05, 4.69) is 70.9 Å². The second-order valence-electron chi connectivity index (χ2n) is 8.32. The minimum Gasteiger partial charge on any atom is -0.492 e. The molecule has 176 valence electrons. The zero-order chi connectivity index (χ0) is 23.6. The highest BCUT2D eigenvalue weighted by atomic mass is 16.5. The molecule has 3 aromatic rings. The van der Waals surface area contributed by atoms with Gasteiger partial charge >= 0.3 is 0 Å². The summed E-state index contributed by atoms with van der Waals surface area (Å²) in [5.74, 6) is 1.65. The molecule has 33 heavy (non-hydrogen) atoms. The topological polar surface area (TPSA) is 66.7 Å². The maximum Gasteiger partial charge on any atom is 0.191 e. The fraction of sp³-hybridized carbons (Fsp3) is 0.385. The van der Waals surface area contributed by atoms with Crippen molar-refractivity contribution in [3.8, 4) is 11.4 Å². The van der Waals surface area contributed by atoms with Gasteiger partial charge in [-0.15, -0.1) is 0 Å². The fourth-order valence-corrected chi connectivity index (χ4v) is 3.51. The van der Waals surface area contributed by atoms with Crippen LogP contribution in [0.1, 0.15) is 29.4 Å². The van der Waals surface area contributed by atoms with E-state index in [9.17, 15) is 0 Å². The largest absolute Gasteiger partial charge is 0.492 e. The first kappa shape index (κ1) is 24.3. The summed E-state index contributed by atoms with van der Waals surface area (Å²) >= 11 is 0. The lowest BCUT2D eigenvalue weighted by molar-refractivity contribution is 0.261. The van der Waals surface area contributed by atoms with Crippen LogP contribution in [0.3, 0.4) is 0 Å². The summed E-state index contributed by atoms with van der Waals surface area (Å²) < 4.78 is 7.85. The van der Waals surface area contributed by atoms with Gasteiger partial charge in [-0.1, -0.05) is 30.3 Å². The molecule has 3 rings (SSSR count). The Morgan fingerprint density at radius 1 is 1.06 bits per heavy atom. The fourth-order valence-electron chi connectivity index (χ4n) is 3.51. The minimum absolute atomic E-state index is 0.569. The number of benzene rings is 2. The van der Waals surface area contributed by atoms with Crippen LogP contribution in [0.15, 0.2) is 59.6 Å². The number of hydrogen-bond donors (Lipinski definition) is 2. The standard InChI is InChI=1S/C26H36N6O/c1-6-27-26(28-18-22-10-9-12-24(17-22)33-15-14-31(4)5)29-19-23-11-7-8-13-25(23)32-21(3)16-20(2)30-32/h7-13,16-17H,6,14-15,18-19H2,1-5H3,(H2,27,28,29). The lowest BCUT2D eigenvalue weighted by atomic mass is 10.1. The number of rotatable bonds is 10. The Balaban J connectivity index is 1.67. The van der Waals surface area contributed by atoms with Crippen LogP contribution in [0.4, 0.5) is 0 Å². The monoisotopic (exact) mass is 448 g/mol. The molecular formula is C26H36N6O. The van der Waals surface area contributed by atoms with E-state index in [1.807, 2.05) is 43.9 Å². The van der Waals surface area contributed by atoms with E-state index in [0.717, 1.165) is 53.0 Å². The third kappa shape index (κ3) is 7.36. The molecule has 0 aliphatic carbocycles. The van der Waals surface area contributed by atoms with Gasteiger partial charge in [-0.25, -0.2) is 9.67 Å². The number of guanidine groups is 1. The van der Waals surface area contributed by atoms with Crippen molar-refractivity contribution in [1.82, 2.24) is 25.3 Å². The number of ether oxygens (including phenoxy) is 1. The maximum atomic E-state index is 5.85. The Labute approximate surface area is 197 Å². The van der Waals surface area contributed by atoms with Gasteiger partial charge in [0.15, 0.2) is 5.96 Å². The van der Waals surface area contributed by atoms with Gasteiger partial charge in [0, 0.05) is 25.3 Å². The van der Waals surface area contributed by atoms with Gasteiger partial charge in [0.2, 0.25) is 0 Å². The lowest BCUT2D eigenvalue weighted by Crippen LogP contribution is -2.37. The molecule has 0 saturated heterocycles. The zero-order valence-electron chi connectivity index (χ0n) is 20.4. The molecule has 0 saturated carbocycles. The quantitative estimate of drug-likeness (QED) is 0.366. The number of hydrogen-bond acceptors (Lipinski definition) is 4. The molecule has 0 amide bonds. The van der Waals surface area contributed by atoms with Crippen LogP contribution in [0.5, 0.6) is 5.75 Å². The molecule has 0 radical (unpaired) electrons. The molecule has 0 atom stereocenters. The van der Waals surface area contributed by atoms with Gasteiger partial charge in [0.25, 0.3) is 0 Å². The highest BCUT2D eigenvalue weighted by Gasteiger charge is 2.09. The van der Waals surface area contributed by atoms with Crippen molar-refractivity contribution in [1.29, 1.82) is 0 Å². The van der Waals surface area contributed by atoms with Crippen molar-refractivity contribution in [3.63, 3.8) is 0 Å². The van der Waals surface area contributed by atoms with Crippen LogP contribution in [-0.4, -0.2) is 54.4 Å². The minimum atomic E-state index is 0.569. The molecule has 0 aliphatic heterocycles. The Hall–Kier alpha value is -3.32. The van der Waals surface area contributed by atoms with Gasteiger partial charge in [-0.2, -0.15) is 5.10 Å². The van der Waals surface area contributed by atoms with E-state index in [4.69, 9.17) is 9.73 Å². The van der Waals surface area contributed by atoms with Crippen LogP contribution in [-0.2, 0) is 13.1 Å². The maximum absolute atomic E-state index is 5.85. The van der Waals surface area contributed by atoms with Gasteiger partial charge in [0.1, 0.15) is 12.4 Å². The number of aromatic nitrogens is 2. The molecule has 0 unspecified atom stereocenters. The second-order valence-corrected chi connectivity index (χ2v) is 8.32. The summed E-state index contributed by atoms with van der Waals surface area (Å²) in [6, 6.07) is 18.5. The molecule has 0 spiro atoms. The van der Waals surface area contributed by atoms with Crippen molar-refractivity contribution in [3.05, 3.63) is 77.1 Å². The van der Waals surface area contributed by atoms with Crippen molar-refractivity contribution in [2.45, 2.75) is 33.9 Å². The highest BCUT2D eigenvalue weighted by Crippen LogP contribution is 2.17. The van der Waals surface area contributed by atoms with Crippen LogP contribution in [0, 0.1) is 13.8 Å². The van der Waals surface area contributed by atoms with E-state index in [1.54, 1.807) is 0 Å². The lowest BCUT2D eigenvalue weighted by Gasteiger charge is -2.15. The van der Waals surface area contributed by atoms with Crippen LogP contribution >= 0.6 is 0 Å². The predicted molar refractivity (Wildman–Crippen MR) is 135 cm³/mol. The molecule has 1 heterocycles. The van der Waals surface area contributed by atoms with Gasteiger partial charge < -0.3 is 20.3 Å². The molecule has 2 N–H and O–H groups in total. The SMILES string of the molecule is CCNC(=NCc1cccc(OCCN(C)C)c1)NCc1ccccc1-n1nc(C)cc1C. The summed E-state index contributed by atoms with van der Waals surface area (Å²) in [4.78, 5) is 6.89. The first-order valence-electron chi connectivity index (χ1n) is 11.5. The molecule has 0 fully saturated rings. The highest BCUT2D eigenvalue weighted by molar-refractivity contribution is 5.79. The van der Waals surface area contributed by atoms with Crippen molar-refractivity contribution >= 4 is 5.96 Å². The summed E-state index contributed by atoms with van der Waals surface area (Å²) in [6.45, 7) is 9.72. The third-order valence-corrected chi connectivity index (χ3v) is 5.15. The molecule has 7 heteroatoms.